The molecule has 3 heterocycles. The van der Waals surface area contributed by atoms with Gasteiger partial charge in [-0.25, -0.2) is 10.4 Å². The fourth-order valence-electron chi connectivity index (χ4n) is 3.18. The SMILES string of the molecule is C[C@H](C(=O)N/N=C\c1cccs1)n1cnc2sc3c(c2c1=O)CCCC3. The zero-order chi connectivity index (χ0) is 18.1. The van der Waals surface area contributed by atoms with Crippen molar-refractivity contribution in [3.63, 3.8) is 0 Å². The molecule has 0 fully saturated rings. The lowest BCUT2D eigenvalue weighted by molar-refractivity contribution is -0.123. The van der Waals surface area contributed by atoms with Crippen LogP contribution in [-0.2, 0) is 17.6 Å². The number of hydrogen-bond acceptors (Lipinski definition) is 6. The van der Waals surface area contributed by atoms with Crippen LogP contribution in [0.15, 0.2) is 33.7 Å². The van der Waals surface area contributed by atoms with Crippen LogP contribution in [0, 0.1) is 0 Å². The third-order valence-electron chi connectivity index (χ3n) is 4.61. The van der Waals surface area contributed by atoms with Crippen LogP contribution in [0.2, 0.25) is 0 Å². The average molecular weight is 387 g/mol. The average Bonchev–Trinajstić information content (AvgIpc) is 3.28. The van der Waals surface area contributed by atoms with E-state index in [-0.39, 0.29) is 11.5 Å². The van der Waals surface area contributed by atoms with Crippen molar-refractivity contribution >= 4 is 45.0 Å². The van der Waals surface area contributed by atoms with Gasteiger partial charge in [0.2, 0.25) is 0 Å². The summed E-state index contributed by atoms with van der Waals surface area (Å²) in [5.41, 5.74) is 3.49. The molecule has 0 bridgehead atoms. The Morgan fingerprint density at radius 3 is 3.08 bits per heavy atom. The molecule has 1 N–H and O–H groups in total. The molecule has 1 amide bonds. The van der Waals surface area contributed by atoms with Crippen molar-refractivity contribution in [3.05, 3.63) is 49.5 Å². The van der Waals surface area contributed by atoms with Crippen LogP contribution in [0.1, 0.15) is 41.1 Å². The third kappa shape index (κ3) is 3.10. The molecule has 3 aromatic heterocycles. The van der Waals surface area contributed by atoms with Gasteiger partial charge in [-0.05, 0) is 49.6 Å². The molecule has 0 unspecified atom stereocenters. The molecule has 1 aliphatic rings. The summed E-state index contributed by atoms with van der Waals surface area (Å²) in [4.78, 5) is 32.8. The summed E-state index contributed by atoms with van der Waals surface area (Å²) in [6, 6.07) is 3.14. The summed E-state index contributed by atoms with van der Waals surface area (Å²) in [5, 5.41) is 6.59. The quantitative estimate of drug-likeness (QED) is 0.553. The highest BCUT2D eigenvalue weighted by Crippen LogP contribution is 2.33. The van der Waals surface area contributed by atoms with Gasteiger partial charge in [0, 0.05) is 9.75 Å². The largest absolute Gasteiger partial charge is 0.286 e. The van der Waals surface area contributed by atoms with Crippen LogP contribution in [0.4, 0.5) is 0 Å². The highest BCUT2D eigenvalue weighted by Gasteiger charge is 2.23. The molecule has 0 saturated heterocycles. The van der Waals surface area contributed by atoms with Gasteiger partial charge in [-0.3, -0.25) is 14.2 Å². The van der Waals surface area contributed by atoms with Crippen LogP contribution < -0.4 is 11.0 Å². The van der Waals surface area contributed by atoms with Crippen LogP contribution in [-0.4, -0.2) is 21.7 Å². The van der Waals surface area contributed by atoms with Gasteiger partial charge in [0.1, 0.15) is 10.9 Å². The minimum Gasteiger partial charge on any atom is -0.286 e. The number of thiophene rings is 2. The van der Waals surface area contributed by atoms with E-state index in [4.69, 9.17) is 0 Å². The van der Waals surface area contributed by atoms with Gasteiger partial charge in [-0.2, -0.15) is 5.10 Å². The summed E-state index contributed by atoms with van der Waals surface area (Å²) in [6.45, 7) is 1.68. The highest BCUT2D eigenvalue weighted by atomic mass is 32.1. The second kappa shape index (κ2) is 7.13. The van der Waals surface area contributed by atoms with Crippen LogP contribution >= 0.6 is 22.7 Å². The topological polar surface area (TPSA) is 76.3 Å². The van der Waals surface area contributed by atoms with Gasteiger partial charge < -0.3 is 0 Å². The van der Waals surface area contributed by atoms with E-state index < -0.39 is 6.04 Å². The van der Waals surface area contributed by atoms with E-state index in [9.17, 15) is 9.59 Å². The predicted molar refractivity (Wildman–Crippen MR) is 105 cm³/mol. The summed E-state index contributed by atoms with van der Waals surface area (Å²) in [7, 11) is 0. The molecule has 0 aromatic carbocycles. The fourth-order valence-corrected chi connectivity index (χ4v) is 4.98. The Morgan fingerprint density at radius 1 is 1.42 bits per heavy atom. The molecular formula is C18H18N4O2S2. The van der Waals surface area contributed by atoms with Gasteiger partial charge in [-0.15, -0.1) is 22.7 Å². The Labute approximate surface area is 158 Å². The molecule has 6 nitrogen and oxygen atoms in total. The molecule has 0 spiro atoms. The van der Waals surface area contributed by atoms with Gasteiger partial charge >= 0.3 is 0 Å². The highest BCUT2D eigenvalue weighted by molar-refractivity contribution is 7.18. The van der Waals surface area contributed by atoms with Gasteiger partial charge in [0.15, 0.2) is 0 Å². The predicted octanol–water partition coefficient (Wildman–Crippen LogP) is 3.11. The Kier molecular flexibility index (Phi) is 4.69. The first-order valence-electron chi connectivity index (χ1n) is 8.53. The monoisotopic (exact) mass is 386 g/mol. The molecule has 0 saturated carbocycles. The van der Waals surface area contributed by atoms with E-state index in [1.165, 1.54) is 27.1 Å². The van der Waals surface area contributed by atoms with Crippen molar-refractivity contribution in [3.8, 4) is 0 Å². The second-order valence-corrected chi connectivity index (χ2v) is 8.34. The zero-order valence-electron chi connectivity index (χ0n) is 14.3. The van der Waals surface area contributed by atoms with Crippen molar-refractivity contribution in [1.82, 2.24) is 15.0 Å². The molecule has 1 aliphatic carbocycles. The first kappa shape index (κ1) is 17.1. The molecule has 1 atom stereocenters. The maximum Gasteiger partial charge on any atom is 0.263 e. The lowest BCUT2D eigenvalue weighted by Crippen LogP contribution is -2.34. The first-order chi connectivity index (χ1) is 12.6. The van der Waals surface area contributed by atoms with Gasteiger partial charge in [0.05, 0.1) is 17.9 Å². The third-order valence-corrected chi connectivity index (χ3v) is 6.61. The van der Waals surface area contributed by atoms with Crippen molar-refractivity contribution in [2.75, 3.05) is 0 Å². The number of fused-ring (bicyclic) bond motifs is 3. The molecule has 8 heteroatoms. The minimum atomic E-state index is -0.681. The van der Waals surface area contributed by atoms with Crippen LogP contribution in [0.25, 0.3) is 10.2 Å². The maximum absolute atomic E-state index is 13.0. The molecule has 0 aliphatic heterocycles. The Morgan fingerprint density at radius 2 is 2.27 bits per heavy atom. The number of nitrogens with zero attached hydrogens (tertiary/aromatic N) is 3. The van der Waals surface area contributed by atoms with Crippen molar-refractivity contribution in [1.29, 1.82) is 0 Å². The molecule has 26 heavy (non-hydrogen) atoms. The molecule has 134 valence electrons. The number of carbonyl (C=O) groups is 1. The zero-order valence-corrected chi connectivity index (χ0v) is 15.9. The number of carbonyl (C=O) groups excluding carboxylic acids is 1. The maximum atomic E-state index is 13.0. The Hall–Kier alpha value is -2.32. The molecular weight excluding hydrogens is 368 g/mol. The number of hydrazone groups is 1. The lowest BCUT2D eigenvalue weighted by atomic mass is 9.97. The number of aryl methyl sites for hydroxylation is 2. The normalized spacial score (nSPS) is 15.3. The molecule has 4 rings (SSSR count). The van der Waals surface area contributed by atoms with Crippen molar-refractivity contribution in [2.24, 2.45) is 5.10 Å². The number of amides is 1. The van der Waals surface area contributed by atoms with Crippen LogP contribution in [0.5, 0.6) is 0 Å². The number of rotatable bonds is 4. The minimum absolute atomic E-state index is 0.140. The summed E-state index contributed by atoms with van der Waals surface area (Å²) < 4.78 is 1.40. The summed E-state index contributed by atoms with van der Waals surface area (Å²) in [6.07, 6.45) is 7.26. The smallest absolute Gasteiger partial charge is 0.263 e. The summed E-state index contributed by atoms with van der Waals surface area (Å²) >= 11 is 3.14. The van der Waals surface area contributed by atoms with Crippen molar-refractivity contribution < 1.29 is 4.79 Å². The van der Waals surface area contributed by atoms with Crippen molar-refractivity contribution in [2.45, 2.75) is 38.6 Å². The number of aromatic nitrogens is 2. The number of nitrogens with one attached hydrogen (secondary N) is 1. The molecule has 0 radical (unpaired) electrons. The fraction of sp³-hybridized carbons (Fsp3) is 0.333. The lowest BCUT2D eigenvalue weighted by Gasteiger charge is -2.14. The van der Waals surface area contributed by atoms with Gasteiger partial charge in [0.25, 0.3) is 11.5 Å². The summed E-state index contributed by atoms with van der Waals surface area (Å²) in [5.74, 6) is -0.342. The van der Waals surface area contributed by atoms with E-state index in [1.54, 1.807) is 24.5 Å². The van der Waals surface area contributed by atoms with Crippen LogP contribution in [0.3, 0.4) is 0 Å². The van der Waals surface area contributed by atoms with E-state index >= 15 is 0 Å². The Balaban J connectivity index is 1.60. The van der Waals surface area contributed by atoms with E-state index in [0.717, 1.165) is 41.0 Å². The van der Waals surface area contributed by atoms with E-state index in [2.05, 4.69) is 15.5 Å². The number of hydrogen-bond donors (Lipinski definition) is 1. The van der Waals surface area contributed by atoms with E-state index in [0.29, 0.717) is 5.39 Å². The molecule has 3 aromatic rings. The van der Waals surface area contributed by atoms with E-state index in [1.807, 2.05) is 17.5 Å². The second-order valence-electron chi connectivity index (χ2n) is 6.27. The Bertz CT molecular complexity index is 1030. The first-order valence-corrected chi connectivity index (χ1v) is 10.2. The standard InChI is InChI=1S/C18H18N4O2S2/c1-11(16(23)21-20-9-12-5-4-8-25-12)22-10-19-17-15(18(22)24)13-6-2-3-7-14(13)26-17/h4-5,8-11H,2-3,6-7H2,1H3,(H,21,23)/b20-9-/t11-/m1/s1. The van der Waals surface area contributed by atoms with Gasteiger partial charge in [-0.1, -0.05) is 6.07 Å².